The molecule has 6 nitrogen and oxygen atoms in total. The maximum Gasteiger partial charge on any atom is 0.306 e. The van der Waals surface area contributed by atoms with Gasteiger partial charge in [0, 0.05) is 58.4 Å². The smallest absolute Gasteiger partial charge is 0.306 e. The van der Waals surface area contributed by atoms with Gasteiger partial charge in [-0.3, -0.25) is 14.6 Å². The molecule has 0 aromatic carbocycles. The van der Waals surface area contributed by atoms with Crippen molar-refractivity contribution in [2.45, 2.75) is 19.4 Å². The molecule has 0 saturated carbocycles. The van der Waals surface area contributed by atoms with E-state index >= 15 is 0 Å². The third kappa shape index (κ3) is 6.33. The third-order valence-corrected chi connectivity index (χ3v) is 3.60. The summed E-state index contributed by atoms with van der Waals surface area (Å²) in [5.41, 5.74) is 5.60. The van der Waals surface area contributed by atoms with E-state index in [4.69, 9.17) is 5.73 Å². The maximum absolute atomic E-state index is 10.9. The molecule has 0 radical (unpaired) electrons. The summed E-state index contributed by atoms with van der Waals surface area (Å²) in [5.74, 6) is -0.156. The lowest BCUT2D eigenvalue weighted by atomic mass is 10.2. The van der Waals surface area contributed by atoms with Gasteiger partial charge in [0.05, 0.1) is 13.5 Å². The van der Waals surface area contributed by atoms with Gasteiger partial charge in [0.2, 0.25) is 0 Å². The van der Waals surface area contributed by atoms with Crippen molar-refractivity contribution in [1.29, 1.82) is 0 Å². The summed E-state index contributed by atoms with van der Waals surface area (Å²) in [6, 6.07) is 0.576. The first-order chi connectivity index (χ1) is 9.17. The zero-order chi connectivity index (χ0) is 14.1. The number of carbonyl (C=O) groups excluding carboxylic acids is 1. The summed E-state index contributed by atoms with van der Waals surface area (Å²) in [5, 5.41) is 3.27. The number of rotatable bonds is 8. The maximum atomic E-state index is 10.9. The van der Waals surface area contributed by atoms with Crippen LogP contribution in [0.3, 0.4) is 0 Å². The second kappa shape index (κ2) is 9.25. The highest BCUT2D eigenvalue weighted by atomic mass is 16.5. The molecule has 0 unspecified atom stereocenters. The lowest BCUT2D eigenvalue weighted by molar-refractivity contribution is -0.140. The quantitative estimate of drug-likeness (QED) is 0.441. The van der Waals surface area contributed by atoms with Crippen LogP contribution >= 0.6 is 0 Å². The highest BCUT2D eigenvalue weighted by molar-refractivity contribution is 5.69. The summed E-state index contributed by atoms with van der Waals surface area (Å²) >= 11 is 0. The van der Waals surface area contributed by atoms with Crippen LogP contribution < -0.4 is 11.1 Å². The minimum atomic E-state index is -0.156. The number of methoxy groups -OCH3 is 1. The van der Waals surface area contributed by atoms with Crippen LogP contribution in [0.1, 0.15) is 13.3 Å². The molecule has 112 valence electrons. The van der Waals surface area contributed by atoms with Crippen LogP contribution in [0.15, 0.2) is 0 Å². The lowest BCUT2D eigenvalue weighted by Crippen LogP contribution is -2.54. The zero-order valence-electron chi connectivity index (χ0n) is 12.2. The zero-order valence-corrected chi connectivity index (χ0v) is 12.2. The van der Waals surface area contributed by atoms with Gasteiger partial charge in [-0.1, -0.05) is 0 Å². The van der Waals surface area contributed by atoms with Crippen molar-refractivity contribution < 1.29 is 9.53 Å². The molecule has 0 aromatic rings. The number of hydrogen-bond acceptors (Lipinski definition) is 6. The van der Waals surface area contributed by atoms with Gasteiger partial charge in [-0.25, -0.2) is 0 Å². The highest BCUT2D eigenvalue weighted by Crippen LogP contribution is 2.07. The van der Waals surface area contributed by atoms with Crippen LogP contribution in [0.25, 0.3) is 0 Å². The van der Waals surface area contributed by atoms with Gasteiger partial charge in [0.1, 0.15) is 0 Å². The molecule has 1 atom stereocenters. The summed E-state index contributed by atoms with van der Waals surface area (Å²) in [4.78, 5) is 15.8. The van der Waals surface area contributed by atoms with Crippen LogP contribution in [0.5, 0.6) is 0 Å². The molecule has 1 aliphatic heterocycles. The van der Waals surface area contributed by atoms with Crippen molar-refractivity contribution in [2.24, 2.45) is 5.73 Å². The van der Waals surface area contributed by atoms with Crippen molar-refractivity contribution in [2.75, 3.05) is 59.5 Å². The van der Waals surface area contributed by atoms with E-state index in [-0.39, 0.29) is 5.97 Å². The fourth-order valence-corrected chi connectivity index (χ4v) is 2.43. The topological polar surface area (TPSA) is 70.8 Å². The fourth-order valence-electron chi connectivity index (χ4n) is 2.43. The highest BCUT2D eigenvalue weighted by Gasteiger charge is 2.22. The predicted octanol–water partition coefficient (Wildman–Crippen LogP) is -0.896. The van der Waals surface area contributed by atoms with Crippen LogP contribution in [0, 0.1) is 0 Å². The van der Waals surface area contributed by atoms with Crippen molar-refractivity contribution in [3.05, 3.63) is 0 Å². The largest absolute Gasteiger partial charge is 0.469 e. The summed E-state index contributed by atoms with van der Waals surface area (Å²) < 4.78 is 4.59. The number of piperazine rings is 1. The van der Waals surface area contributed by atoms with E-state index in [0.717, 1.165) is 45.8 Å². The number of esters is 1. The van der Waals surface area contributed by atoms with E-state index in [2.05, 4.69) is 26.8 Å². The molecule has 1 fully saturated rings. The Morgan fingerprint density at radius 3 is 2.79 bits per heavy atom. The third-order valence-electron chi connectivity index (χ3n) is 3.60. The molecular weight excluding hydrogens is 244 g/mol. The molecule has 0 aromatic heterocycles. The van der Waals surface area contributed by atoms with E-state index in [1.54, 1.807) is 0 Å². The van der Waals surface area contributed by atoms with Crippen molar-refractivity contribution >= 4 is 5.97 Å². The molecule has 1 heterocycles. The Morgan fingerprint density at radius 1 is 1.37 bits per heavy atom. The van der Waals surface area contributed by atoms with Crippen LogP contribution in [-0.4, -0.2) is 81.3 Å². The normalized spacial score (nSPS) is 21.5. The van der Waals surface area contributed by atoms with E-state index in [1.165, 1.54) is 7.11 Å². The average Bonchev–Trinajstić information content (AvgIpc) is 2.41. The minimum Gasteiger partial charge on any atom is -0.469 e. The first kappa shape index (κ1) is 16.4. The Hall–Kier alpha value is -0.690. The molecule has 0 spiro atoms. The molecule has 19 heavy (non-hydrogen) atoms. The second-order valence-corrected chi connectivity index (χ2v) is 5.05. The molecule has 6 heteroatoms. The van der Waals surface area contributed by atoms with Crippen molar-refractivity contribution in [1.82, 2.24) is 15.1 Å². The molecular formula is C13H28N4O2. The molecule has 1 saturated heterocycles. The van der Waals surface area contributed by atoms with E-state index in [0.29, 0.717) is 19.0 Å². The Balaban J connectivity index is 2.07. The monoisotopic (exact) mass is 272 g/mol. The van der Waals surface area contributed by atoms with Gasteiger partial charge in [-0.05, 0) is 6.92 Å². The molecule has 1 aliphatic rings. The van der Waals surface area contributed by atoms with Gasteiger partial charge in [0.15, 0.2) is 0 Å². The first-order valence-electron chi connectivity index (χ1n) is 7.11. The Labute approximate surface area is 116 Å². The second-order valence-electron chi connectivity index (χ2n) is 5.05. The molecule has 3 N–H and O–H groups in total. The molecule has 0 aliphatic carbocycles. The summed E-state index contributed by atoms with van der Waals surface area (Å²) in [6.45, 7) is 9.92. The van der Waals surface area contributed by atoms with Crippen LogP contribution in [0.4, 0.5) is 0 Å². The van der Waals surface area contributed by atoms with Gasteiger partial charge in [0.25, 0.3) is 0 Å². The Morgan fingerprint density at radius 2 is 2.16 bits per heavy atom. The van der Waals surface area contributed by atoms with E-state index < -0.39 is 0 Å². The number of ether oxygens (including phenoxy) is 1. The van der Waals surface area contributed by atoms with E-state index in [1.807, 2.05) is 0 Å². The standard InChI is InChI=1S/C13H28N4O2/c1-12-11-16(9-10-17(12)7-4-14)8-6-15-5-3-13(18)19-2/h12,15H,3-11,14H2,1-2H3/t12-/m0/s1. The van der Waals surface area contributed by atoms with Gasteiger partial charge < -0.3 is 15.8 Å². The van der Waals surface area contributed by atoms with Crippen molar-refractivity contribution in [3.63, 3.8) is 0 Å². The van der Waals surface area contributed by atoms with E-state index in [9.17, 15) is 4.79 Å². The first-order valence-corrected chi connectivity index (χ1v) is 7.11. The van der Waals surface area contributed by atoms with Crippen LogP contribution in [-0.2, 0) is 9.53 Å². The lowest BCUT2D eigenvalue weighted by Gasteiger charge is -2.39. The molecule has 1 rings (SSSR count). The van der Waals surface area contributed by atoms with Crippen LogP contribution in [0.2, 0.25) is 0 Å². The Kier molecular flexibility index (Phi) is 7.97. The van der Waals surface area contributed by atoms with Gasteiger partial charge in [-0.15, -0.1) is 0 Å². The minimum absolute atomic E-state index is 0.156. The molecule has 0 amide bonds. The number of carbonyl (C=O) groups is 1. The fraction of sp³-hybridized carbons (Fsp3) is 0.923. The number of nitrogens with one attached hydrogen (secondary N) is 1. The number of nitrogens with zero attached hydrogens (tertiary/aromatic N) is 2. The summed E-state index contributed by atoms with van der Waals surface area (Å²) in [6.07, 6.45) is 0.442. The predicted molar refractivity (Wildman–Crippen MR) is 76.0 cm³/mol. The average molecular weight is 272 g/mol. The number of nitrogens with two attached hydrogens (primary N) is 1. The molecule has 0 bridgehead atoms. The summed E-state index contributed by atoms with van der Waals surface area (Å²) in [7, 11) is 1.42. The Bertz CT molecular complexity index is 263. The van der Waals surface area contributed by atoms with Gasteiger partial charge in [-0.2, -0.15) is 0 Å². The SMILES string of the molecule is COC(=O)CCNCCN1CCN(CCN)[C@@H](C)C1. The number of hydrogen-bond donors (Lipinski definition) is 2. The van der Waals surface area contributed by atoms with Crippen molar-refractivity contribution in [3.8, 4) is 0 Å². The van der Waals surface area contributed by atoms with Gasteiger partial charge >= 0.3 is 5.97 Å².